The van der Waals surface area contributed by atoms with E-state index in [1.807, 2.05) is 53.1 Å². The summed E-state index contributed by atoms with van der Waals surface area (Å²) in [5.74, 6) is 1.25. The highest BCUT2D eigenvalue weighted by Gasteiger charge is 2.10. The highest BCUT2D eigenvalue weighted by Crippen LogP contribution is 2.32. The molecule has 0 saturated carbocycles. The summed E-state index contributed by atoms with van der Waals surface area (Å²) in [6.07, 6.45) is 3.56. The molecule has 0 atom stereocenters. The summed E-state index contributed by atoms with van der Waals surface area (Å²) in [5.41, 5.74) is 3.31. The molecule has 0 bridgehead atoms. The SMILES string of the molecule is COc1cccc(/C=C(/C#N)Cn2cnc3ccccc32)c1OC. The first-order valence-corrected chi connectivity index (χ1v) is 7.48. The van der Waals surface area contributed by atoms with E-state index in [0.717, 1.165) is 16.6 Å². The third-order valence-corrected chi connectivity index (χ3v) is 3.77. The number of rotatable bonds is 5. The van der Waals surface area contributed by atoms with Crippen LogP contribution in [0.3, 0.4) is 0 Å². The number of imidazole rings is 1. The molecular weight excluding hydrogens is 302 g/mol. The number of nitriles is 1. The molecule has 1 aromatic heterocycles. The maximum absolute atomic E-state index is 9.52. The molecule has 24 heavy (non-hydrogen) atoms. The predicted molar refractivity (Wildman–Crippen MR) is 92.9 cm³/mol. The molecular formula is C19H17N3O2. The van der Waals surface area contributed by atoms with Gasteiger partial charge in [-0.05, 0) is 24.3 Å². The van der Waals surface area contributed by atoms with Gasteiger partial charge in [0.05, 0.1) is 49.8 Å². The number of allylic oxidation sites excluding steroid dienone is 1. The van der Waals surface area contributed by atoms with Crippen molar-refractivity contribution in [3.8, 4) is 17.6 Å². The Labute approximate surface area is 140 Å². The van der Waals surface area contributed by atoms with Crippen LogP contribution in [0.2, 0.25) is 0 Å². The fourth-order valence-corrected chi connectivity index (χ4v) is 2.65. The number of ether oxygens (including phenoxy) is 2. The van der Waals surface area contributed by atoms with Crippen molar-refractivity contribution in [1.29, 1.82) is 5.26 Å². The lowest BCUT2D eigenvalue weighted by atomic mass is 10.1. The number of hydrogen-bond donors (Lipinski definition) is 0. The van der Waals surface area contributed by atoms with Crippen LogP contribution in [0.4, 0.5) is 0 Å². The Morgan fingerprint density at radius 3 is 2.75 bits per heavy atom. The maximum Gasteiger partial charge on any atom is 0.167 e. The van der Waals surface area contributed by atoms with Gasteiger partial charge < -0.3 is 14.0 Å². The molecule has 0 unspecified atom stereocenters. The average molecular weight is 319 g/mol. The summed E-state index contributed by atoms with van der Waals surface area (Å²) in [7, 11) is 3.18. The van der Waals surface area contributed by atoms with Gasteiger partial charge in [-0.3, -0.25) is 0 Å². The Balaban J connectivity index is 1.98. The van der Waals surface area contributed by atoms with Crippen LogP contribution in [0.15, 0.2) is 54.4 Å². The Morgan fingerprint density at radius 1 is 1.17 bits per heavy atom. The van der Waals surface area contributed by atoms with Gasteiger partial charge in [0.25, 0.3) is 0 Å². The fourth-order valence-electron chi connectivity index (χ4n) is 2.65. The van der Waals surface area contributed by atoms with Gasteiger partial charge in [0.15, 0.2) is 11.5 Å². The van der Waals surface area contributed by atoms with Gasteiger partial charge >= 0.3 is 0 Å². The average Bonchev–Trinajstić information content (AvgIpc) is 3.03. The first-order chi connectivity index (χ1) is 11.8. The van der Waals surface area contributed by atoms with Gasteiger partial charge in [0.1, 0.15) is 0 Å². The first-order valence-electron chi connectivity index (χ1n) is 7.48. The molecule has 0 fully saturated rings. The van der Waals surface area contributed by atoms with Gasteiger partial charge in [-0.2, -0.15) is 5.26 Å². The van der Waals surface area contributed by atoms with E-state index in [2.05, 4.69) is 11.1 Å². The topological polar surface area (TPSA) is 60.1 Å². The maximum atomic E-state index is 9.52. The lowest BCUT2D eigenvalue weighted by molar-refractivity contribution is 0.354. The highest BCUT2D eigenvalue weighted by atomic mass is 16.5. The minimum absolute atomic E-state index is 0.442. The lowest BCUT2D eigenvalue weighted by Gasteiger charge is -2.10. The molecule has 5 nitrogen and oxygen atoms in total. The van der Waals surface area contributed by atoms with E-state index in [-0.39, 0.29) is 0 Å². The molecule has 3 aromatic rings. The van der Waals surface area contributed by atoms with Crippen LogP contribution in [-0.2, 0) is 6.54 Å². The van der Waals surface area contributed by atoms with Gasteiger partial charge in [0.2, 0.25) is 0 Å². The molecule has 2 aromatic carbocycles. The van der Waals surface area contributed by atoms with Crippen molar-refractivity contribution < 1.29 is 9.47 Å². The standard InChI is InChI=1S/C19H17N3O2/c1-23-18-9-5-6-15(19(18)24-2)10-14(11-20)12-22-13-21-16-7-3-4-8-17(16)22/h3-10,13H,12H2,1-2H3/b14-10-. The van der Waals surface area contributed by atoms with Crippen LogP contribution in [0.5, 0.6) is 11.5 Å². The van der Waals surface area contributed by atoms with Crippen LogP contribution in [-0.4, -0.2) is 23.8 Å². The number of hydrogen-bond acceptors (Lipinski definition) is 4. The van der Waals surface area contributed by atoms with E-state index in [9.17, 15) is 5.26 Å². The largest absolute Gasteiger partial charge is 0.493 e. The minimum Gasteiger partial charge on any atom is -0.493 e. The van der Waals surface area contributed by atoms with Crippen LogP contribution in [0, 0.1) is 11.3 Å². The van der Waals surface area contributed by atoms with E-state index in [0.29, 0.717) is 23.6 Å². The van der Waals surface area contributed by atoms with E-state index < -0.39 is 0 Å². The second-order valence-corrected chi connectivity index (χ2v) is 5.23. The zero-order valence-corrected chi connectivity index (χ0v) is 13.6. The Hall–Kier alpha value is -3.26. The van der Waals surface area contributed by atoms with Crippen molar-refractivity contribution in [2.45, 2.75) is 6.54 Å². The molecule has 0 saturated heterocycles. The smallest absolute Gasteiger partial charge is 0.167 e. The monoisotopic (exact) mass is 319 g/mol. The van der Waals surface area contributed by atoms with Crippen molar-refractivity contribution in [3.05, 3.63) is 59.9 Å². The van der Waals surface area contributed by atoms with Gasteiger partial charge in [-0.25, -0.2) is 4.98 Å². The Kier molecular flexibility index (Phi) is 4.48. The zero-order chi connectivity index (χ0) is 16.9. The number of fused-ring (bicyclic) bond motifs is 1. The summed E-state index contributed by atoms with van der Waals surface area (Å²) >= 11 is 0. The second kappa shape index (κ2) is 6.88. The predicted octanol–water partition coefficient (Wildman–Crippen LogP) is 3.66. The van der Waals surface area contributed by atoms with Crippen molar-refractivity contribution in [2.24, 2.45) is 0 Å². The van der Waals surface area contributed by atoms with E-state index in [1.165, 1.54) is 0 Å². The van der Waals surface area contributed by atoms with Crippen molar-refractivity contribution in [3.63, 3.8) is 0 Å². The van der Waals surface area contributed by atoms with Crippen LogP contribution in [0.1, 0.15) is 5.56 Å². The van der Waals surface area contributed by atoms with E-state index in [4.69, 9.17) is 9.47 Å². The third-order valence-electron chi connectivity index (χ3n) is 3.77. The number of methoxy groups -OCH3 is 2. The van der Waals surface area contributed by atoms with Crippen LogP contribution < -0.4 is 9.47 Å². The molecule has 0 aliphatic heterocycles. The quantitative estimate of drug-likeness (QED) is 0.673. The summed E-state index contributed by atoms with van der Waals surface area (Å²) in [5, 5.41) is 9.52. The molecule has 0 radical (unpaired) electrons. The number of aromatic nitrogens is 2. The number of para-hydroxylation sites is 3. The normalized spacial score (nSPS) is 11.3. The van der Waals surface area contributed by atoms with E-state index in [1.54, 1.807) is 20.5 Å². The van der Waals surface area contributed by atoms with Crippen LogP contribution >= 0.6 is 0 Å². The summed E-state index contributed by atoms with van der Waals surface area (Å²) < 4.78 is 12.7. The molecule has 1 heterocycles. The van der Waals surface area contributed by atoms with Gasteiger partial charge in [-0.15, -0.1) is 0 Å². The van der Waals surface area contributed by atoms with Crippen molar-refractivity contribution in [2.75, 3.05) is 14.2 Å². The summed E-state index contributed by atoms with van der Waals surface area (Å²) in [6, 6.07) is 15.7. The van der Waals surface area contributed by atoms with Gasteiger partial charge in [-0.1, -0.05) is 24.3 Å². The van der Waals surface area contributed by atoms with Gasteiger partial charge in [0, 0.05) is 5.56 Å². The number of nitrogens with zero attached hydrogens (tertiary/aromatic N) is 3. The first kappa shape index (κ1) is 15.6. The molecule has 0 amide bonds. The van der Waals surface area contributed by atoms with E-state index >= 15 is 0 Å². The highest BCUT2D eigenvalue weighted by molar-refractivity contribution is 5.75. The number of benzene rings is 2. The summed E-state index contributed by atoms with van der Waals surface area (Å²) in [6.45, 7) is 0.442. The molecule has 0 spiro atoms. The minimum atomic E-state index is 0.442. The second-order valence-electron chi connectivity index (χ2n) is 5.23. The van der Waals surface area contributed by atoms with Crippen molar-refractivity contribution >= 4 is 17.1 Å². The Bertz CT molecular complexity index is 935. The molecule has 0 aliphatic rings. The third kappa shape index (κ3) is 2.95. The molecule has 0 N–H and O–H groups in total. The fraction of sp³-hybridized carbons (Fsp3) is 0.158. The Morgan fingerprint density at radius 2 is 2.00 bits per heavy atom. The summed E-state index contributed by atoms with van der Waals surface area (Å²) in [4.78, 5) is 4.36. The lowest BCUT2D eigenvalue weighted by Crippen LogP contribution is -1.99. The zero-order valence-electron chi connectivity index (χ0n) is 13.6. The molecule has 0 aliphatic carbocycles. The molecule has 3 rings (SSSR count). The van der Waals surface area contributed by atoms with Crippen molar-refractivity contribution in [1.82, 2.24) is 9.55 Å². The molecule has 5 heteroatoms. The molecule has 120 valence electrons. The van der Waals surface area contributed by atoms with Crippen LogP contribution in [0.25, 0.3) is 17.1 Å².